The topological polar surface area (TPSA) is 75.2 Å². The molecule has 1 atom stereocenters. The van der Waals surface area contributed by atoms with E-state index in [2.05, 4.69) is 29.4 Å². The highest BCUT2D eigenvalue weighted by Gasteiger charge is 2.35. The molecule has 0 radical (unpaired) electrons. The second-order valence-electron chi connectivity index (χ2n) is 7.55. The number of nitrogens with zero attached hydrogens (tertiary/aromatic N) is 3. The summed E-state index contributed by atoms with van der Waals surface area (Å²) in [7, 11) is 0. The third kappa shape index (κ3) is 3.99. The zero-order valence-electron chi connectivity index (χ0n) is 16.3. The molecular weight excluding hydrogens is 340 g/mol. The summed E-state index contributed by atoms with van der Waals surface area (Å²) in [6, 6.07) is 10.8. The third-order valence-corrected chi connectivity index (χ3v) is 4.85. The van der Waals surface area contributed by atoms with E-state index >= 15 is 0 Å². The van der Waals surface area contributed by atoms with Crippen LogP contribution < -0.4 is 5.32 Å². The number of piperazine rings is 1. The van der Waals surface area contributed by atoms with Crippen LogP contribution in [0.4, 0.5) is 0 Å². The monoisotopic (exact) mass is 366 g/mol. The predicted molar refractivity (Wildman–Crippen MR) is 104 cm³/mol. The van der Waals surface area contributed by atoms with Gasteiger partial charge in [-0.2, -0.15) is 10.2 Å². The van der Waals surface area contributed by atoms with E-state index in [1.807, 2.05) is 38.1 Å². The lowest BCUT2D eigenvalue weighted by Gasteiger charge is -2.37. The van der Waals surface area contributed by atoms with Crippen molar-refractivity contribution in [2.75, 3.05) is 13.1 Å². The molecule has 2 aromatic rings. The van der Waals surface area contributed by atoms with E-state index in [1.165, 1.54) is 0 Å². The van der Waals surface area contributed by atoms with E-state index in [9.17, 15) is 9.59 Å². The fraction of sp³-hybridized carbons (Fsp3) is 0.429. The van der Waals surface area contributed by atoms with Gasteiger partial charge in [0, 0.05) is 24.2 Å². The molecule has 6 heteroatoms. The van der Waals surface area contributed by atoms with Gasteiger partial charge in [0.2, 0.25) is 5.91 Å². The Labute approximate surface area is 160 Å². The Balaban J connectivity index is 1.80. The van der Waals surface area contributed by atoms with Gasteiger partial charge < -0.3 is 10.2 Å². The highest BCUT2D eigenvalue weighted by molar-refractivity contribution is 5.98. The van der Waals surface area contributed by atoms with Gasteiger partial charge in [-0.15, -0.1) is 0 Å². The summed E-state index contributed by atoms with van der Waals surface area (Å²) >= 11 is 0. The van der Waals surface area contributed by atoms with E-state index < -0.39 is 6.04 Å². The maximum absolute atomic E-state index is 12.9. The molecule has 1 N–H and O–H groups in total. The van der Waals surface area contributed by atoms with Crippen molar-refractivity contribution in [1.29, 1.82) is 0 Å². The van der Waals surface area contributed by atoms with Gasteiger partial charge in [-0.1, -0.05) is 39.8 Å². The Morgan fingerprint density at radius 2 is 1.78 bits per heavy atom. The zero-order valence-corrected chi connectivity index (χ0v) is 16.3. The van der Waals surface area contributed by atoms with Gasteiger partial charge in [0.05, 0.1) is 11.4 Å². The number of aromatic nitrogens is 2. The number of benzene rings is 1. The number of hydrogen-bond acceptors (Lipinski definition) is 4. The molecule has 2 amide bonds. The highest BCUT2D eigenvalue weighted by Crippen LogP contribution is 2.21. The summed E-state index contributed by atoms with van der Waals surface area (Å²) in [5.41, 5.74) is 3.21. The Hall–Kier alpha value is -2.76. The number of carbonyl (C=O) groups excluding carboxylic acids is 2. The second-order valence-corrected chi connectivity index (χ2v) is 7.55. The summed E-state index contributed by atoms with van der Waals surface area (Å²) in [5, 5.41) is 11.4. The number of nitrogens with one attached hydrogen (secondary N) is 1. The molecule has 1 aliphatic rings. The summed E-state index contributed by atoms with van der Waals surface area (Å²) in [6.07, 6.45) is 0. The first-order chi connectivity index (χ1) is 12.9. The van der Waals surface area contributed by atoms with Crippen LogP contribution in [0.3, 0.4) is 0 Å². The molecule has 0 bridgehead atoms. The lowest BCUT2D eigenvalue weighted by atomic mass is 9.98. The van der Waals surface area contributed by atoms with Gasteiger partial charge in [-0.05, 0) is 36.1 Å². The average Bonchev–Trinajstić information content (AvgIpc) is 2.67. The first-order valence-corrected chi connectivity index (χ1v) is 9.41. The van der Waals surface area contributed by atoms with E-state index in [4.69, 9.17) is 0 Å². The first kappa shape index (κ1) is 19.0. The molecule has 27 heavy (non-hydrogen) atoms. The Bertz CT molecular complexity index is 813. The van der Waals surface area contributed by atoms with Crippen LogP contribution in [-0.4, -0.2) is 46.0 Å². The molecule has 1 fully saturated rings. The van der Waals surface area contributed by atoms with Crippen molar-refractivity contribution >= 4 is 11.8 Å². The molecule has 3 rings (SSSR count). The SMILES string of the molecule is CC(C)c1ccc(-c2ccc(C(=O)N3CCNC(=O)[C@@H]3C(C)C)cc2)nn1. The zero-order chi connectivity index (χ0) is 19.6. The molecule has 1 aromatic heterocycles. The van der Waals surface area contributed by atoms with Gasteiger partial charge in [-0.25, -0.2) is 0 Å². The van der Waals surface area contributed by atoms with Crippen LogP contribution in [-0.2, 0) is 4.79 Å². The van der Waals surface area contributed by atoms with Crippen molar-refractivity contribution in [3.05, 3.63) is 47.7 Å². The standard InChI is InChI=1S/C21H26N4O2/c1-13(2)17-9-10-18(24-23-17)15-5-7-16(8-6-15)21(27)25-12-11-22-20(26)19(25)14(3)4/h5-10,13-14,19H,11-12H2,1-4H3,(H,22,26)/t19-/m0/s1. The summed E-state index contributed by atoms with van der Waals surface area (Å²) < 4.78 is 0. The lowest BCUT2D eigenvalue weighted by molar-refractivity contribution is -0.129. The molecule has 2 heterocycles. The van der Waals surface area contributed by atoms with Crippen molar-refractivity contribution in [3.63, 3.8) is 0 Å². The van der Waals surface area contributed by atoms with Crippen molar-refractivity contribution < 1.29 is 9.59 Å². The Morgan fingerprint density at radius 3 is 2.33 bits per heavy atom. The molecule has 1 saturated heterocycles. The summed E-state index contributed by atoms with van der Waals surface area (Å²) in [5.74, 6) is 0.198. The van der Waals surface area contributed by atoms with Crippen LogP contribution in [0.1, 0.15) is 49.7 Å². The minimum atomic E-state index is -0.430. The number of carbonyl (C=O) groups is 2. The molecule has 1 aromatic carbocycles. The summed E-state index contributed by atoms with van der Waals surface area (Å²) in [6.45, 7) is 9.09. The maximum Gasteiger partial charge on any atom is 0.254 e. The highest BCUT2D eigenvalue weighted by atomic mass is 16.2. The predicted octanol–water partition coefficient (Wildman–Crippen LogP) is 2.86. The fourth-order valence-corrected chi connectivity index (χ4v) is 3.33. The fourth-order valence-electron chi connectivity index (χ4n) is 3.33. The van der Waals surface area contributed by atoms with Crippen LogP contribution in [0.5, 0.6) is 0 Å². The molecular formula is C21H26N4O2. The van der Waals surface area contributed by atoms with Crippen LogP contribution in [0.15, 0.2) is 36.4 Å². The normalized spacial score (nSPS) is 17.3. The minimum Gasteiger partial charge on any atom is -0.353 e. The maximum atomic E-state index is 12.9. The lowest BCUT2D eigenvalue weighted by Crippen LogP contribution is -2.59. The van der Waals surface area contributed by atoms with E-state index in [0.717, 1.165) is 17.0 Å². The quantitative estimate of drug-likeness (QED) is 0.903. The van der Waals surface area contributed by atoms with Crippen LogP contribution in [0.2, 0.25) is 0 Å². The Kier molecular flexibility index (Phi) is 5.54. The number of rotatable bonds is 4. The van der Waals surface area contributed by atoms with Crippen molar-refractivity contribution in [2.24, 2.45) is 5.92 Å². The van der Waals surface area contributed by atoms with Crippen LogP contribution in [0, 0.1) is 5.92 Å². The first-order valence-electron chi connectivity index (χ1n) is 9.41. The molecule has 0 saturated carbocycles. The molecule has 0 aliphatic carbocycles. The van der Waals surface area contributed by atoms with Gasteiger partial charge >= 0.3 is 0 Å². The molecule has 6 nitrogen and oxygen atoms in total. The number of amides is 2. The van der Waals surface area contributed by atoms with Gasteiger partial charge in [0.1, 0.15) is 6.04 Å². The smallest absolute Gasteiger partial charge is 0.254 e. The molecule has 1 aliphatic heterocycles. The van der Waals surface area contributed by atoms with E-state index in [0.29, 0.717) is 24.6 Å². The van der Waals surface area contributed by atoms with E-state index in [1.54, 1.807) is 17.0 Å². The van der Waals surface area contributed by atoms with Crippen molar-refractivity contribution in [1.82, 2.24) is 20.4 Å². The largest absolute Gasteiger partial charge is 0.353 e. The average molecular weight is 366 g/mol. The third-order valence-electron chi connectivity index (χ3n) is 4.85. The van der Waals surface area contributed by atoms with Gasteiger partial charge in [0.25, 0.3) is 5.91 Å². The summed E-state index contributed by atoms with van der Waals surface area (Å²) in [4.78, 5) is 26.8. The van der Waals surface area contributed by atoms with E-state index in [-0.39, 0.29) is 17.7 Å². The number of hydrogen-bond donors (Lipinski definition) is 1. The molecule has 142 valence electrons. The van der Waals surface area contributed by atoms with Gasteiger partial charge in [-0.3, -0.25) is 9.59 Å². The minimum absolute atomic E-state index is 0.0586. The van der Waals surface area contributed by atoms with Crippen LogP contribution in [0.25, 0.3) is 11.3 Å². The van der Waals surface area contributed by atoms with Crippen LogP contribution >= 0.6 is 0 Å². The van der Waals surface area contributed by atoms with Crippen molar-refractivity contribution in [3.8, 4) is 11.3 Å². The second kappa shape index (κ2) is 7.86. The van der Waals surface area contributed by atoms with Gasteiger partial charge in [0.15, 0.2) is 0 Å². The molecule has 0 spiro atoms. The van der Waals surface area contributed by atoms with Crippen molar-refractivity contribution in [2.45, 2.75) is 39.7 Å². The Morgan fingerprint density at radius 1 is 1.07 bits per heavy atom. The molecule has 0 unspecified atom stereocenters.